The fourth-order valence-corrected chi connectivity index (χ4v) is 5.81. The summed E-state index contributed by atoms with van der Waals surface area (Å²) in [4.78, 5) is 30.0. The zero-order valence-corrected chi connectivity index (χ0v) is 18.5. The van der Waals surface area contributed by atoms with Gasteiger partial charge in [0.25, 0.3) is 0 Å². The molecular weight excluding hydrogens is 420 g/mol. The van der Waals surface area contributed by atoms with E-state index in [9.17, 15) is 14.7 Å². The van der Waals surface area contributed by atoms with Crippen LogP contribution < -0.4 is 5.43 Å². The standard InChI is InChI=1S/C26H24N2O3S/c29-24-21(26(30)31)16-28(25-23(24)27-22(32-25)14-17-8-4-5-9-17)15-19-12-6-7-13-20(19)18-10-2-1-3-11-18/h1-3,6-7,10-13,16-17H,4-5,8-9,14-15H2,(H,30,31). The van der Waals surface area contributed by atoms with Gasteiger partial charge in [-0.1, -0.05) is 80.3 Å². The highest BCUT2D eigenvalue weighted by atomic mass is 32.1. The lowest BCUT2D eigenvalue weighted by Gasteiger charge is -2.13. The minimum absolute atomic E-state index is 0.229. The minimum atomic E-state index is -1.22. The molecule has 0 saturated heterocycles. The van der Waals surface area contributed by atoms with Gasteiger partial charge in [0.1, 0.15) is 15.9 Å². The zero-order valence-electron chi connectivity index (χ0n) is 17.7. The third-order valence-corrected chi connectivity index (χ3v) is 7.39. The molecule has 0 unspecified atom stereocenters. The number of rotatable bonds is 6. The van der Waals surface area contributed by atoms with E-state index in [-0.39, 0.29) is 11.1 Å². The van der Waals surface area contributed by atoms with E-state index in [1.54, 1.807) is 0 Å². The van der Waals surface area contributed by atoms with Gasteiger partial charge >= 0.3 is 5.97 Å². The van der Waals surface area contributed by atoms with E-state index in [1.165, 1.54) is 43.2 Å². The molecule has 2 heterocycles. The first-order valence-electron chi connectivity index (χ1n) is 11.0. The molecular formula is C26H24N2O3S. The Labute approximate surface area is 190 Å². The predicted molar refractivity (Wildman–Crippen MR) is 127 cm³/mol. The van der Waals surface area contributed by atoms with Gasteiger partial charge < -0.3 is 9.67 Å². The van der Waals surface area contributed by atoms with Crippen LogP contribution in [-0.2, 0) is 13.0 Å². The Hall–Kier alpha value is -3.25. The van der Waals surface area contributed by atoms with Crippen LogP contribution in [-0.4, -0.2) is 20.6 Å². The Morgan fingerprint density at radius 1 is 1.06 bits per heavy atom. The first-order chi connectivity index (χ1) is 15.6. The zero-order chi connectivity index (χ0) is 22.1. The summed E-state index contributed by atoms with van der Waals surface area (Å²) in [6.45, 7) is 0.465. The Bertz CT molecular complexity index is 1330. The number of thiazole rings is 1. The highest BCUT2D eigenvalue weighted by Crippen LogP contribution is 2.31. The molecule has 32 heavy (non-hydrogen) atoms. The second-order valence-corrected chi connectivity index (χ2v) is 9.51. The number of carbonyl (C=O) groups is 1. The van der Waals surface area contributed by atoms with Crippen LogP contribution in [0.3, 0.4) is 0 Å². The number of hydrogen-bond acceptors (Lipinski definition) is 4. The maximum Gasteiger partial charge on any atom is 0.341 e. The summed E-state index contributed by atoms with van der Waals surface area (Å²) in [5.74, 6) is -0.607. The van der Waals surface area contributed by atoms with Gasteiger partial charge in [0, 0.05) is 19.2 Å². The second kappa shape index (κ2) is 8.71. The van der Waals surface area contributed by atoms with Crippen molar-refractivity contribution in [2.75, 3.05) is 0 Å². The van der Waals surface area contributed by atoms with Crippen molar-refractivity contribution in [2.45, 2.75) is 38.6 Å². The SMILES string of the molecule is O=C(O)c1cn(Cc2ccccc2-c2ccccc2)c2sc(CC3CCCC3)nc2c1=O. The normalized spacial score (nSPS) is 14.2. The van der Waals surface area contributed by atoms with Crippen LogP contribution in [0, 0.1) is 5.92 Å². The van der Waals surface area contributed by atoms with E-state index in [1.807, 2.05) is 41.0 Å². The van der Waals surface area contributed by atoms with Gasteiger partial charge in [-0.2, -0.15) is 0 Å². The average molecular weight is 445 g/mol. The Morgan fingerprint density at radius 3 is 2.53 bits per heavy atom. The number of pyridine rings is 1. The van der Waals surface area contributed by atoms with E-state index in [2.05, 4.69) is 23.2 Å². The van der Waals surface area contributed by atoms with Crippen LogP contribution in [0.15, 0.2) is 65.6 Å². The van der Waals surface area contributed by atoms with Gasteiger partial charge in [-0.3, -0.25) is 4.79 Å². The lowest BCUT2D eigenvalue weighted by atomic mass is 9.99. The van der Waals surface area contributed by atoms with Gasteiger partial charge in [-0.25, -0.2) is 9.78 Å². The monoisotopic (exact) mass is 444 g/mol. The molecule has 1 N–H and O–H groups in total. The summed E-state index contributed by atoms with van der Waals surface area (Å²) in [6, 6.07) is 18.2. The highest BCUT2D eigenvalue weighted by Gasteiger charge is 2.22. The quantitative estimate of drug-likeness (QED) is 0.420. The molecule has 5 rings (SSSR count). The summed E-state index contributed by atoms with van der Waals surface area (Å²) in [7, 11) is 0. The number of hydrogen-bond donors (Lipinski definition) is 1. The summed E-state index contributed by atoms with van der Waals surface area (Å²) >= 11 is 1.53. The number of carboxylic acids is 1. The number of aromatic carboxylic acids is 1. The van der Waals surface area contributed by atoms with Crippen LogP contribution in [0.4, 0.5) is 0 Å². The third kappa shape index (κ3) is 3.98. The minimum Gasteiger partial charge on any atom is -0.477 e. The molecule has 162 valence electrons. The molecule has 0 aliphatic heterocycles. The first kappa shape index (κ1) is 20.6. The smallest absolute Gasteiger partial charge is 0.341 e. The number of nitrogens with zero attached hydrogens (tertiary/aromatic N) is 2. The summed E-state index contributed by atoms with van der Waals surface area (Å²) in [5, 5.41) is 10.6. The number of aromatic nitrogens is 2. The van der Waals surface area contributed by atoms with Crippen molar-refractivity contribution in [3.8, 4) is 11.1 Å². The maximum atomic E-state index is 12.9. The molecule has 0 amide bonds. The average Bonchev–Trinajstić information content (AvgIpc) is 3.47. The number of carboxylic acid groups (broad SMARTS) is 1. The molecule has 0 bridgehead atoms. The fraction of sp³-hybridized carbons (Fsp3) is 0.269. The fourth-order valence-electron chi connectivity index (χ4n) is 4.66. The Kier molecular flexibility index (Phi) is 5.62. The van der Waals surface area contributed by atoms with Crippen molar-refractivity contribution in [2.24, 2.45) is 5.92 Å². The van der Waals surface area contributed by atoms with E-state index in [4.69, 9.17) is 0 Å². The molecule has 0 spiro atoms. The molecule has 1 fully saturated rings. The Morgan fingerprint density at radius 2 is 1.78 bits per heavy atom. The molecule has 0 radical (unpaired) electrons. The predicted octanol–water partition coefficient (Wildman–Crippen LogP) is 5.60. The van der Waals surface area contributed by atoms with Gasteiger partial charge in [-0.05, 0) is 22.6 Å². The molecule has 1 saturated carbocycles. The van der Waals surface area contributed by atoms with Crippen LogP contribution >= 0.6 is 11.3 Å². The van der Waals surface area contributed by atoms with Gasteiger partial charge in [-0.15, -0.1) is 11.3 Å². The number of benzene rings is 2. The van der Waals surface area contributed by atoms with E-state index in [0.717, 1.165) is 32.9 Å². The van der Waals surface area contributed by atoms with E-state index < -0.39 is 11.4 Å². The van der Waals surface area contributed by atoms with Crippen LogP contribution in [0.2, 0.25) is 0 Å². The topological polar surface area (TPSA) is 72.2 Å². The lowest BCUT2D eigenvalue weighted by Crippen LogP contribution is -2.19. The van der Waals surface area contributed by atoms with Crippen molar-refractivity contribution < 1.29 is 9.90 Å². The first-order valence-corrected chi connectivity index (χ1v) is 11.8. The molecule has 2 aromatic carbocycles. The molecule has 1 aliphatic carbocycles. The van der Waals surface area contributed by atoms with Crippen molar-refractivity contribution in [3.63, 3.8) is 0 Å². The van der Waals surface area contributed by atoms with Crippen molar-refractivity contribution in [1.29, 1.82) is 0 Å². The molecule has 1 aliphatic rings. The molecule has 4 aromatic rings. The van der Waals surface area contributed by atoms with Gasteiger partial charge in [0.2, 0.25) is 5.43 Å². The summed E-state index contributed by atoms with van der Waals surface area (Å²) in [5.41, 5.74) is 2.81. The molecule has 0 atom stereocenters. The van der Waals surface area contributed by atoms with Crippen LogP contribution in [0.25, 0.3) is 21.5 Å². The van der Waals surface area contributed by atoms with Crippen molar-refractivity contribution >= 4 is 27.7 Å². The lowest BCUT2D eigenvalue weighted by molar-refractivity contribution is 0.0695. The molecule has 6 heteroatoms. The molecule has 5 nitrogen and oxygen atoms in total. The Balaban J connectivity index is 1.61. The largest absolute Gasteiger partial charge is 0.477 e. The van der Waals surface area contributed by atoms with Crippen molar-refractivity contribution in [3.05, 3.63) is 87.2 Å². The molecule has 2 aromatic heterocycles. The third-order valence-electron chi connectivity index (χ3n) is 6.27. The summed E-state index contributed by atoms with van der Waals surface area (Å²) in [6.07, 6.45) is 7.24. The summed E-state index contributed by atoms with van der Waals surface area (Å²) < 4.78 is 1.89. The van der Waals surface area contributed by atoms with Crippen LogP contribution in [0.1, 0.15) is 46.6 Å². The van der Waals surface area contributed by atoms with Gasteiger partial charge in [0.05, 0.1) is 5.01 Å². The van der Waals surface area contributed by atoms with E-state index in [0.29, 0.717) is 12.5 Å². The van der Waals surface area contributed by atoms with Crippen molar-refractivity contribution in [1.82, 2.24) is 9.55 Å². The number of fused-ring (bicyclic) bond motifs is 1. The maximum absolute atomic E-state index is 12.9. The van der Waals surface area contributed by atoms with Gasteiger partial charge in [0.15, 0.2) is 0 Å². The van der Waals surface area contributed by atoms with E-state index >= 15 is 0 Å². The second-order valence-electron chi connectivity index (χ2n) is 8.44. The highest BCUT2D eigenvalue weighted by molar-refractivity contribution is 7.18. The van der Waals surface area contributed by atoms with Crippen LogP contribution in [0.5, 0.6) is 0 Å².